The third kappa shape index (κ3) is 0.795. The normalized spacial score (nSPS) is 51.6. The van der Waals surface area contributed by atoms with Crippen LogP contribution in [0.25, 0.3) is 0 Å². The first-order chi connectivity index (χ1) is 4.37. The number of halogens is 1. The average molecular weight is 310 g/mol. The third-order valence-electron chi connectivity index (χ3n) is 3.56. The first kappa shape index (κ1) is 7.90. The molecule has 0 amide bonds. The standard InChI is InChI=1S/C5H6Br.3CH3.Sn/c6-5-1-4(2-5)3-5;;;;/h1-3H2;3*1H3;. The van der Waals surface area contributed by atoms with Gasteiger partial charge in [-0.2, -0.15) is 0 Å². The van der Waals surface area contributed by atoms with E-state index in [0.717, 1.165) is 3.43 Å². The predicted molar refractivity (Wildman–Crippen MR) is 51.5 cm³/mol. The molecule has 0 unspecified atom stereocenters. The number of rotatable bonds is 1. The van der Waals surface area contributed by atoms with Crippen LogP contribution in [0.3, 0.4) is 0 Å². The Bertz CT molecular complexity index is 160. The molecule has 3 aliphatic carbocycles. The van der Waals surface area contributed by atoms with Gasteiger partial charge in [-0.25, -0.2) is 0 Å². The first-order valence-electron chi connectivity index (χ1n) is 4.06. The van der Waals surface area contributed by atoms with E-state index >= 15 is 0 Å². The van der Waals surface area contributed by atoms with Crippen molar-refractivity contribution in [1.29, 1.82) is 0 Å². The molecule has 0 atom stereocenters. The van der Waals surface area contributed by atoms with Crippen LogP contribution in [0.5, 0.6) is 0 Å². The van der Waals surface area contributed by atoms with Crippen molar-refractivity contribution in [3.63, 3.8) is 0 Å². The molecule has 0 N–H and O–H groups in total. The molecule has 0 saturated heterocycles. The minimum atomic E-state index is -1.50. The first-order valence-corrected chi connectivity index (χ1v) is 14.8. The van der Waals surface area contributed by atoms with Crippen molar-refractivity contribution in [3.8, 4) is 0 Å². The van der Waals surface area contributed by atoms with E-state index < -0.39 is 18.4 Å². The van der Waals surface area contributed by atoms with Crippen LogP contribution >= 0.6 is 15.9 Å². The van der Waals surface area contributed by atoms with Gasteiger partial charge in [-0.15, -0.1) is 0 Å². The van der Waals surface area contributed by atoms with Gasteiger partial charge in [0.2, 0.25) is 0 Å². The summed E-state index contributed by atoms with van der Waals surface area (Å²) in [6.45, 7) is 0. The molecule has 3 aliphatic rings. The molecule has 10 heavy (non-hydrogen) atoms. The summed E-state index contributed by atoms with van der Waals surface area (Å²) in [6, 6.07) is 0. The summed E-state index contributed by atoms with van der Waals surface area (Å²) in [5.41, 5.74) is 0. The molecule has 0 aromatic heterocycles. The summed E-state index contributed by atoms with van der Waals surface area (Å²) in [7, 11) is 0. The number of hydrogen-bond donors (Lipinski definition) is 0. The van der Waals surface area contributed by atoms with Crippen LogP contribution in [-0.4, -0.2) is 22.7 Å². The fraction of sp³-hybridized carbons (Fsp3) is 1.00. The molecule has 3 fully saturated rings. The van der Waals surface area contributed by atoms with Gasteiger partial charge in [0.25, 0.3) is 0 Å². The number of hydrogen-bond acceptors (Lipinski definition) is 0. The molecule has 0 nitrogen and oxygen atoms in total. The molecule has 3 saturated carbocycles. The molecule has 2 bridgehead atoms. The Labute approximate surface area is 75.8 Å². The van der Waals surface area contributed by atoms with Crippen LogP contribution in [-0.2, 0) is 0 Å². The summed E-state index contributed by atoms with van der Waals surface area (Å²) in [4.78, 5) is 7.75. The van der Waals surface area contributed by atoms with Crippen molar-refractivity contribution in [3.05, 3.63) is 0 Å². The maximum absolute atomic E-state index is 3.79. The molecule has 58 valence electrons. The van der Waals surface area contributed by atoms with Gasteiger partial charge >= 0.3 is 76.1 Å². The Balaban J connectivity index is 2.11. The van der Waals surface area contributed by atoms with Gasteiger partial charge in [0.1, 0.15) is 0 Å². The van der Waals surface area contributed by atoms with Gasteiger partial charge in [0, 0.05) is 0 Å². The second-order valence-electron chi connectivity index (χ2n) is 5.21. The zero-order valence-corrected chi connectivity index (χ0v) is 11.4. The van der Waals surface area contributed by atoms with Crippen LogP contribution < -0.4 is 0 Å². The van der Waals surface area contributed by atoms with Gasteiger partial charge < -0.3 is 0 Å². The molecular weight excluding hydrogens is 295 g/mol. The van der Waals surface area contributed by atoms with E-state index in [2.05, 4.69) is 30.7 Å². The average Bonchev–Trinajstić information content (AvgIpc) is 1.51. The van der Waals surface area contributed by atoms with E-state index in [1.54, 1.807) is 0 Å². The van der Waals surface area contributed by atoms with Crippen LogP contribution in [0.4, 0.5) is 0 Å². The van der Waals surface area contributed by atoms with Crippen molar-refractivity contribution in [2.75, 3.05) is 0 Å². The van der Waals surface area contributed by atoms with Crippen molar-refractivity contribution in [1.82, 2.24) is 0 Å². The van der Waals surface area contributed by atoms with Gasteiger partial charge in [-0.1, -0.05) is 0 Å². The van der Waals surface area contributed by atoms with Crippen molar-refractivity contribution < 1.29 is 0 Å². The summed E-state index contributed by atoms with van der Waals surface area (Å²) < 4.78 is 1.58. The fourth-order valence-electron chi connectivity index (χ4n) is 2.46. The van der Waals surface area contributed by atoms with Crippen molar-refractivity contribution in [2.45, 2.75) is 41.8 Å². The van der Waals surface area contributed by atoms with E-state index in [-0.39, 0.29) is 0 Å². The quantitative estimate of drug-likeness (QED) is 0.514. The third-order valence-corrected chi connectivity index (χ3v) is 15.0. The molecule has 0 aromatic carbocycles. The zero-order chi connectivity index (χ0) is 7.62. The molecule has 2 heteroatoms. The van der Waals surface area contributed by atoms with Crippen molar-refractivity contribution in [2.24, 2.45) is 0 Å². The van der Waals surface area contributed by atoms with Crippen LogP contribution in [0.1, 0.15) is 19.3 Å². The van der Waals surface area contributed by atoms with E-state index in [0.29, 0.717) is 4.32 Å². The van der Waals surface area contributed by atoms with Crippen LogP contribution in [0.2, 0.25) is 18.2 Å². The van der Waals surface area contributed by atoms with Crippen LogP contribution in [0.15, 0.2) is 0 Å². The zero-order valence-electron chi connectivity index (χ0n) is 7.00. The fourth-order valence-corrected chi connectivity index (χ4v) is 13.7. The van der Waals surface area contributed by atoms with E-state index in [1.165, 1.54) is 19.3 Å². The monoisotopic (exact) mass is 310 g/mol. The Hall–Kier alpha value is 1.28. The summed E-state index contributed by atoms with van der Waals surface area (Å²) >= 11 is 2.29. The Kier molecular flexibility index (Phi) is 1.41. The predicted octanol–water partition coefficient (Wildman–Crippen LogP) is 3.40. The van der Waals surface area contributed by atoms with Gasteiger partial charge in [-0.3, -0.25) is 0 Å². The second-order valence-corrected chi connectivity index (χ2v) is 22.8. The van der Waals surface area contributed by atoms with E-state index in [1.807, 2.05) is 0 Å². The summed E-state index contributed by atoms with van der Waals surface area (Å²) in [6.07, 6.45) is 4.54. The summed E-state index contributed by atoms with van der Waals surface area (Å²) in [5, 5.41) is 0. The molecule has 0 radical (unpaired) electrons. The van der Waals surface area contributed by atoms with Crippen molar-refractivity contribution >= 4 is 34.3 Å². The second kappa shape index (κ2) is 1.78. The van der Waals surface area contributed by atoms with Crippen LogP contribution in [0, 0.1) is 0 Å². The summed E-state index contributed by atoms with van der Waals surface area (Å²) in [5.74, 6) is 0. The van der Waals surface area contributed by atoms with Gasteiger partial charge in [0.05, 0.1) is 0 Å². The number of alkyl halides is 1. The van der Waals surface area contributed by atoms with Gasteiger partial charge in [-0.05, 0) is 0 Å². The molecule has 3 rings (SSSR count). The minimum absolute atomic E-state index is 0.650. The van der Waals surface area contributed by atoms with E-state index in [9.17, 15) is 0 Å². The molecule has 0 aromatic rings. The Morgan fingerprint density at radius 1 is 1.10 bits per heavy atom. The molecule has 0 aliphatic heterocycles. The molecular formula is C8H15BrSn. The topological polar surface area (TPSA) is 0 Å². The SMILES string of the molecule is [CH3][Sn]([CH3])([CH3])[C]12CC(Br)(C1)C2. The Morgan fingerprint density at radius 3 is 1.60 bits per heavy atom. The van der Waals surface area contributed by atoms with Gasteiger partial charge in [0.15, 0.2) is 0 Å². The Morgan fingerprint density at radius 2 is 1.50 bits per heavy atom. The molecule has 0 heterocycles. The maximum atomic E-state index is 3.79. The molecule has 0 spiro atoms. The van der Waals surface area contributed by atoms with E-state index in [4.69, 9.17) is 0 Å².